The predicted octanol–water partition coefficient (Wildman–Crippen LogP) is 4.21. The van der Waals surface area contributed by atoms with Crippen LogP contribution in [0.3, 0.4) is 0 Å². The first-order valence-electron chi connectivity index (χ1n) is 10.5. The summed E-state index contributed by atoms with van der Waals surface area (Å²) in [4.78, 5) is 17.5. The van der Waals surface area contributed by atoms with Gasteiger partial charge in [-0.3, -0.25) is 9.36 Å². The Morgan fingerprint density at radius 3 is 2.76 bits per heavy atom. The Morgan fingerprint density at radius 1 is 1.15 bits per heavy atom. The van der Waals surface area contributed by atoms with Crippen molar-refractivity contribution < 1.29 is 9.13 Å². The number of aromatic nitrogens is 3. The van der Waals surface area contributed by atoms with Crippen LogP contribution in [0.4, 0.5) is 4.39 Å². The van der Waals surface area contributed by atoms with Crippen LogP contribution >= 0.6 is 24.0 Å². The average Bonchev–Trinajstić information content (AvgIpc) is 2.93. The number of hydrogen-bond acceptors (Lipinski definition) is 4. The molecule has 0 fully saturated rings. The highest BCUT2D eigenvalue weighted by atomic mass is 35.5. The molecule has 0 unspecified atom stereocenters. The molecule has 1 N–H and O–H groups in total. The number of aryl methyl sites for hydroxylation is 1. The van der Waals surface area contributed by atoms with Gasteiger partial charge in [-0.15, -0.1) is 12.4 Å². The summed E-state index contributed by atoms with van der Waals surface area (Å²) in [5, 5.41) is 4.89. The molecule has 1 aromatic carbocycles. The maximum Gasteiger partial charge on any atom is 0.259 e. The fourth-order valence-corrected chi connectivity index (χ4v) is 4.39. The summed E-state index contributed by atoms with van der Waals surface area (Å²) in [5.74, 6) is 0.464. The second-order valence-electron chi connectivity index (χ2n) is 7.87. The Balaban J connectivity index is 0.00000259. The molecular weight excluding hydrogens is 466 g/mol. The quantitative estimate of drug-likeness (QED) is 0.467. The van der Waals surface area contributed by atoms with Crippen molar-refractivity contribution in [3.8, 4) is 11.6 Å². The van der Waals surface area contributed by atoms with Crippen LogP contribution in [0.1, 0.15) is 16.8 Å². The Hall–Kier alpha value is -2.87. The molecular formula is C24H23Cl2FN4O2. The van der Waals surface area contributed by atoms with Crippen LogP contribution in [-0.2, 0) is 26.5 Å². The number of nitrogens with zero attached hydrogens (tertiary/aromatic N) is 3. The van der Waals surface area contributed by atoms with Crippen LogP contribution in [0, 0.1) is 5.82 Å². The number of halogens is 3. The summed E-state index contributed by atoms with van der Waals surface area (Å²) < 4.78 is 23.2. The maximum atomic E-state index is 13.9. The van der Waals surface area contributed by atoms with Crippen molar-refractivity contribution in [2.24, 2.45) is 7.05 Å². The Morgan fingerprint density at radius 2 is 1.97 bits per heavy atom. The fourth-order valence-electron chi connectivity index (χ4n) is 4.23. The van der Waals surface area contributed by atoms with Crippen LogP contribution in [0.5, 0.6) is 5.75 Å². The molecule has 0 aliphatic carbocycles. The van der Waals surface area contributed by atoms with Gasteiger partial charge in [-0.1, -0.05) is 17.7 Å². The van der Waals surface area contributed by atoms with Crippen molar-refractivity contribution in [2.45, 2.75) is 19.4 Å². The molecule has 0 spiro atoms. The molecule has 33 heavy (non-hydrogen) atoms. The SMILES string of the molecule is Cl.Cn1c2c(c3ccc(-n4ccc(OCc5ccc(Cl)cc5F)cc4=O)nc31)CCNCC2. The van der Waals surface area contributed by atoms with E-state index >= 15 is 0 Å². The molecule has 4 heterocycles. The number of ether oxygens (including phenoxy) is 1. The van der Waals surface area contributed by atoms with Crippen LogP contribution in [0.15, 0.2) is 53.5 Å². The normalized spacial score (nSPS) is 13.3. The molecule has 0 atom stereocenters. The highest BCUT2D eigenvalue weighted by Gasteiger charge is 2.18. The molecule has 6 nitrogen and oxygen atoms in total. The first-order valence-corrected chi connectivity index (χ1v) is 10.9. The molecule has 1 aliphatic heterocycles. The number of fused-ring (bicyclic) bond motifs is 3. The highest BCUT2D eigenvalue weighted by molar-refractivity contribution is 6.30. The van der Waals surface area contributed by atoms with E-state index in [0.29, 0.717) is 22.2 Å². The Labute approximate surface area is 201 Å². The number of rotatable bonds is 4. The third kappa shape index (κ3) is 4.49. The molecule has 0 radical (unpaired) electrons. The Kier molecular flexibility index (Phi) is 6.74. The van der Waals surface area contributed by atoms with E-state index in [1.165, 1.54) is 28.0 Å². The summed E-state index contributed by atoms with van der Waals surface area (Å²) in [5.41, 5.74) is 3.59. The van der Waals surface area contributed by atoms with Crippen LogP contribution in [0.25, 0.3) is 16.9 Å². The summed E-state index contributed by atoms with van der Waals surface area (Å²) in [7, 11) is 2.03. The maximum absolute atomic E-state index is 13.9. The largest absolute Gasteiger partial charge is 0.489 e. The van der Waals surface area contributed by atoms with Gasteiger partial charge in [0, 0.05) is 53.9 Å². The molecule has 1 aliphatic rings. The lowest BCUT2D eigenvalue weighted by atomic mass is 10.1. The van der Waals surface area contributed by atoms with E-state index in [0.717, 1.165) is 37.0 Å². The van der Waals surface area contributed by atoms with E-state index in [4.69, 9.17) is 21.3 Å². The lowest BCUT2D eigenvalue weighted by Gasteiger charge is -2.10. The summed E-state index contributed by atoms with van der Waals surface area (Å²) in [6.07, 6.45) is 3.55. The van der Waals surface area contributed by atoms with E-state index in [1.54, 1.807) is 24.4 Å². The van der Waals surface area contributed by atoms with Gasteiger partial charge >= 0.3 is 0 Å². The molecule has 0 saturated carbocycles. The van der Waals surface area contributed by atoms with Gasteiger partial charge in [-0.25, -0.2) is 9.37 Å². The first kappa shape index (κ1) is 23.3. The van der Waals surface area contributed by atoms with Crippen molar-refractivity contribution in [3.63, 3.8) is 0 Å². The number of hydrogen-bond donors (Lipinski definition) is 1. The van der Waals surface area contributed by atoms with Gasteiger partial charge in [0.1, 0.15) is 29.6 Å². The molecule has 4 aromatic rings. The summed E-state index contributed by atoms with van der Waals surface area (Å²) >= 11 is 5.78. The summed E-state index contributed by atoms with van der Waals surface area (Å²) in [6, 6.07) is 11.4. The van der Waals surface area contributed by atoms with Crippen molar-refractivity contribution >= 4 is 35.0 Å². The smallest absolute Gasteiger partial charge is 0.259 e. The number of pyridine rings is 2. The van der Waals surface area contributed by atoms with Gasteiger partial charge in [-0.2, -0.15) is 0 Å². The summed E-state index contributed by atoms with van der Waals surface area (Å²) in [6.45, 7) is 1.90. The monoisotopic (exact) mass is 488 g/mol. The Bertz CT molecular complexity index is 1380. The highest BCUT2D eigenvalue weighted by Crippen LogP contribution is 2.27. The zero-order chi connectivity index (χ0) is 22.2. The lowest BCUT2D eigenvalue weighted by Crippen LogP contribution is -2.18. The van der Waals surface area contributed by atoms with Gasteiger partial charge in [0.25, 0.3) is 5.56 Å². The second kappa shape index (κ2) is 9.55. The first-order chi connectivity index (χ1) is 15.5. The molecule has 172 valence electrons. The van der Waals surface area contributed by atoms with Gasteiger partial charge in [0.15, 0.2) is 0 Å². The minimum Gasteiger partial charge on any atom is -0.489 e. The molecule has 9 heteroatoms. The van der Waals surface area contributed by atoms with Gasteiger partial charge in [0.05, 0.1) is 0 Å². The van der Waals surface area contributed by atoms with E-state index in [2.05, 4.69) is 9.88 Å². The molecule has 0 saturated heterocycles. The third-order valence-electron chi connectivity index (χ3n) is 5.89. The van der Waals surface area contributed by atoms with E-state index in [1.807, 2.05) is 19.2 Å². The standard InChI is InChI=1S/C24H22ClFN4O2.ClH/c1-29-21-7-10-27-9-6-18(21)19-4-5-22(28-24(19)29)30-11-8-17(13-23(30)31)32-14-15-2-3-16(25)12-20(15)26;/h2-5,8,11-13,27H,6-7,9-10,14H2,1H3;1H. The molecule has 5 rings (SSSR count). The minimum absolute atomic E-state index is 0. The predicted molar refractivity (Wildman–Crippen MR) is 130 cm³/mol. The van der Waals surface area contributed by atoms with Crippen molar-refractivity contribution in [3.05, 3.63) is 86.7 Å². The van der Waals surface area contributed by atoms with E-state index in [-0.39, 0.29) is 24.6 Å². The van der Waals surface area contributed by atoms with E-state index in [9.17, 15) is 9.18 Å². The zero-order valence-corrected chi connectivity index (χ0v) is 19.5. The minimum atomic E-state index is -0.444. The van der Waals surface area contributed by atoms with Gasteiger partial charge < -0.3 is 14.6 Å². The van der Waals surface area contributed by atoms with Crippen LogP contribution < -0.4 is 15.6 Å². The average molecular weight is 489 g/mol. The third-order valence-corrected chi connectivity index (χ3v) is 6.13. The fraction of sp³-hybridized carbons (Fsp3) is 0.250. The molecule has 3 aromatic heterocycles. The van der Waals surface area contributed by atoms with Crippen LogP contribution in [0.2, 0.25) is 5.02 Å². The molecule has 0 amide bonds. The van der Waals surface area contributed by atoms with Crippen molar-refractivity contribution in [2.75, 3.05) is 13.1 Å². The zero-order valence-electron chi connectivity index (χ0n) is 18.0. The number of nitrogens with one attached hydrogen (secondary N) is 1. The second-order valence-corrected chi connectivity index (χ2v) is 8.31. The van der Waals surface area contributed by atoms with Crippen molar-refractivity contribution in [1.29, 1.82) is 0 Å². The number of benzene rings is 1. The van der Waals surface area contributed by atoms with Gasteiger partial charge in [-0.05, 0) is 48.9 Å². The van der Waals surface area contributed by atoms with E-state index < -0.39 is 5.82 Å². The van der Waals surface area contributed by atoms with Crippen LogP contribution in [-0.4, -0.2) is 27.2 Å². The lowest BCUT2D eigenvalue weighted by molar-refractivity contribution is 0.299. The molecule has 0 bridgehead atoms. The topological polar surface area (TPSA) is 61.1 Å². The van der Waals surface area contributed by atoms with Gasteiger partial charge in [0.2, 0.25) is 0 Å². The van der Waals surface area contributed by atoms with Crippen molar-refractivity contribution in [1.82, 2.24) is 19.4 Å².